The van der Waals surface area contributed by atoms with Crippen molar-refractivity contribution >= 4 is 5.96 Å². The summed E-state index contributed by atoms with van der Waals surface area (Å²) in [6, 6.07) is 10.3. The summed E-state index contributed by atoms with van der Waals surface area (Å²) in [7, 11) is 1.95. The number of aromatic nitrogens is 3. The molecule has 0 saturated carbocycles. The Morgan fingerprint density at radius 3 is 2.65 bits per heavy atom. The van der Waals surface area contributed by atoms with Gasteiger partial charge in [0.2, 0.25) is 0 Å². The van der Waals surface area contributed by atoms with Crippen LogP contribution in [0.2, 0.25) is 0 Å². The zero-order valence-corrected chi connectivity index (χ0v) is 16.2. The zero-order valence-electron chi connectivity index (χ0n) is 16.2. The number of aryl methyl sites for hydroxylation is 1. The molecule has 2 aromatic rings. The first-order valence-electron chi connectivity index (χ1n) is 9.15. The Balaban J connectivity index is 1.72. The van der Waals surface area contributed by atoms with E-state index in [9.17, 15) is 0 Å². The van der Waals surface area contributed by atoms with Gasteiger partial charge in [0.25, 0.3) is 0 Å². The molecule has 0 fully saturated rings. The van der Waals surface area contributed by atoms with Crippen LogP contribution in [0.15, 0.2) is 35.3 Å². The third-order valence-electron chi connectivity index (χ3n) is 4.16. The number of rotatable bonds is 9. The first kappa shape index (κ1) is 19.9. The molecule has 1 aromatic heterocycles. The smallest absolute Gasteiger partial charge is 0.191 e. The monoisotopic (exact) mass is 358 g/mol. The highest BCUT2D eigenvalue weighted by atomic mass is 16.5. The molecule has 0 saturated heterocycles. The predicted molar refractivity (Wildman–Crippen MR) is 104 cm³/mol. The quantitative estimate of drug-likeness (QED) is 0.409. The van der Waals surface area contributed by atoms with Crippen molar-refractivity contribution in [3.8, 4) is 0 Å². The van der Waals surface area contributed by atoms with Gasteiger partial charge in [-0.15, -0.1) is 10.2 Å². The number of guanidine groups is 1. The summed E-state index contributed by atoms with van der Waals surface area (Å²) in [5, 5.41) is 14.8. The second kappa shape index (κ2) is 10.6. The van der Waals surface area contributed by atoms with Gasteiger partial charge in [-0.05, 0) is 32.8 Å². The van der Waals surface area contributed by atoms with Crippen LogP contribution in [0.3, 0.4) is 0 Å². The van der Waals surface area contributed by atoms with Crippen molar-refractivity contribution in [3.63, 3.8) is 0 Å². The number of nitrogens with zero attached hydrogens (tertiary/aromatic N) is 4. The van der Waals surface area contributed by atoms with Gasteiger partial charge >= 0.3 is 0 Å². The van der Waals surface area contributed by atoms with Crippen LogP contribution in [0, 0.1) is 6.92 Å². The van der Waals surface area contributed by atoms with Crippen molar-refractivity contribution in [1.29, 1.82) is 0 Å². The van der Waals surface area contributed by atoms with Crippen molar-refractivity contribution in [2.75, 3.05) is 19.7 Å². The minimum atomic E-state index is 0.109. The van der Waals surface area contributed by atoms with Gasteiger partial charge in [0.05, 0.1) is 6.10 Å². The Morgan fingerprint density at radius 1 is 1.23 bits per heavy atom. The topological polar surface area (TPSA) is 76.4 Å². The number of hydrogen-bond donors (Lipinski definition) is 2. The minimum absolute atomic E-state index is 0.109. The fourth-order valence-electron chi connectivity index (χ4n) is 2.44. The van der Waals surface area contributed by atoms with Crippen LogP contribution in [0.25, 0.3) is 0 Å². The second-order valence-electron chi connectivity index (χ2n) is 6.12. The molecule has 142 valence electrons. The Bertz CT molecular complexity index is 683. The number of ether oxygens (including phenoxy) is 1. The molecule has 7 heteroatoms. The van der Waals surface area contributed by atoms with Gasteiger partial charge < -0.3 is 19.9 Å². The largest absolute Gasteiger partial charge is 0.374 e. The summed E-state index contributed by atoms with van der Waals surface area (Å²) < 4.78 is 7.85. The molecular weight excluding hydrogens is 328 g/mol. The molecule has 26 heavy (non-hydrogen) atoms. The molecule has 1 atom stereocenters. The number of aliphatic imine (C=N–C) groups is 1. The van der Waals surface area contributed by atoms with Crippen LogP contribution in [-0.4, -0.2) is 40.4 Å². The van der Waals surface area contributed by atoms with Gasteiger partial charge in [0.15, 0.2) is 11.8 Å². The molecular formula is C19H30N6O. The average Bonchev–Trinajstić information content (AvgIpc) is 2.98. The molecule has 2 rings (SSSR count). The minimum Gasteiger partial charge on any atom is -0.374 e. The van der Waals surface area contributed by atoms with Gasteiger partial charge in [-0.2, -0.15) is 0 Å². The fraction of sp³-hybridized carbons (Fsp3) is 0.526. The normalized spacial score (nSPS) is 12.8. The molecule has 0 amide bonds. The summed E-state index contributed by atoms with van der Waals surface area (Å²) >= 11 is 0. The number of nitrogens with one attached hydrogen (secondary N) is 2. The molecule has 7 nitrogen and oxygen atoms in total. The lowest BCUT2D eigenvalue weighted by Gasteiger charge is -2.14. The van der Waals surface area contributed by atoms with E-state index >= 15 is 0 Å². The molecule has 0 spiro atoms. The van der Waals surface area contributed by atoms with E-state index < -0.39 is 0 Å². The van der Waals surface area contributed by atoms with Crippen LogP contribution < -0.4 is 10.6 Å². The van der Waals surface area contributed by atoms with Crippen LogP contribution in [-0.2, 0) is 18.3 Å². The highest BCUT2D eigenvalue weighted by Gasteiger charge is 2.06. The second-order valence-corrected chi connectivity index (χ2v) is 6.12. The Labute approximate surface area is 155 Å². The van der Waals surface area contributed by atoms with E-state index in [0.717, 1.165) is 37.1 Å². The van der Waals surface area contributed by atoms with E-state index in [2.05, 4.69) is 44.9 Å². The first-order chi connectivity index (χ1) is 12.6. The molecule has 1 unspecified atom stereocenters. The summed E-state index contributed by atoms with van der Waals surface area (Å²) in [5.41, 5.74) is 1.20. The maximum atomic E-state index is 5.90. The lowest BCUT2D eigenvalue weighted by molar-refractivity contribution is 0.0646. The fourth-order valence-corrected chi connectivity index (χ4v) is 2.44. The van der Waals surface area contributed by atoms with Crippen molar-refractivity contribution < 1.29 is 4.74 Å². The summed E-state index contributed by atoms with van der Waals surface area (Å²) in [6.07, 6.45) is 1.02. The molecule has 0 bridgehead atoms. The lowest BCUT2D eigenvalue weighted by atomic mass is 10.1. The van der Waals surface area contributed by atoms with E-state index in [-0.39, 0.29) is 6.10 Å². The third-order valence-corrected chi connectivity index (χ3v) is 4.16. The van der Waals surface area contributed by atoms with E-state index in [1.165, 1.54) is 5.56 Å². The maximum Gasteiger partial charge on any atom is 0.191 e. The third kappa shape index (κ3) is 6.15. The molecule has 0 radical (unpaired) electrons. The van der Waals surface area contributed by atoms with E-state index in [0.29, 0.717) is 13.2 Å². The van der Waals surface area contributed by atoms with E-state index in [1.807, 2.05) is 43.7 Å². The Kier molecular flexibility index (Phi) is 8.08. The lowest BCUT2D eigenvalue weighted by Crippen LogP contribution is -2.38. The zero-order chi connectivity index (χ0) is 18.8. The van der Waals surface area contributed by atoms with Crippen LogP contribution in [0.1, 0.15) is 43.6 Å². The highest BCUT2D eigenvalue weighted by molar-refractivity contribution is 5.79. The molecule has 1 aromatic carbocycles. The Morgan fingerprint density at radius 2 is 2.00 bits per heavy atom. The van der Waals surface area contributed by atoms with Gasteiger partial charge in [0, 0.05) is 26.7 Å². The summed E-state index contributed by atoms with van der Waals surface area (Å²) in [5.74, 6) is 2.52. The Hall–Kier alpha value is -2.41. The SMILES string of the molecule is CCNC(=NCc1nnc(C)n1C)NCCCOC(C)c1ccccc1. The maximum absolute atomic E-state index is 5.90. The van der Waals surface area contributed by atoms with Gasteiger partial charge in [0.1, 0.15) is 12.4 Å². The highest BCUT2D eigenvalue weighted by Crippen LogP contribution is 2.15. The van der Waals surface area contributed by atoms with Gasteiger partial charge in [-0.25, -0.2) is 4.99 Å². The van der Waals surface area contributed by atoms with Gasteiger partial charge in [-0.3, -0.25) is 0 Å². The number of benzene rings is 1. The van der Waals surface area contributed by atoms with Crippen LogP contribution in [0.4, 0.5) is 0 Å². The molecule has 0 aliphatic carbocycles. The van der Waals surface area contributed by atoms with Crippen LogP contribution in [0.5, 0.6) is 0 Å². The number of hydrogen-bond acceptors (Lipinski definition) is 4. The first-order valence-corrected chi connectivity index (χ1v) is 9.15. The van der Waals surface area contributed by atoms with Gasteiger partial charge in [-0.1, -0.05) is 30.3 Å². The van der Waals surface area contributed by atoms with Crippen molar-refractivity contribution in [2.45, 2.75) is 39.8 Å². The molecule has 2 N–H and O–H groups in total. The standard InChI is InChI=1S/C19H30N6O/c1-5-20-19(22-14-18-24-23-16(3)25(18)4)21-12-9-13-26-15(2)17-10-7-6-8-11-17/h6-8,10-11,15H,5,9,12-14H2,1-4H3,(H2,20,21,22). The summed E-state index contributed by atoms with van der Waals surface area (Å²) in [4.78, 5) is 4.57. The average molecular weight is 358 g/mol. The van der Waals surface area contributed by atoms with Crippen LogP contribution >= 0.6 is 0 Å². The van der Waals surface area contributed by atoms with Crippen molar-refractivity contribution in [3.05, 3.63) is 47.5 Å². The van der Waals surface area contributed by atoms with Crippen molar-refractivity contribution in [1.82, 2.24) is 25.4 Å². The molecule has 0 aliphatic rings. The molecule has 1 heterocycles. The van der Waals surface area contributed by atoms with E-state index in [4.69, 9.17) is 4.74 Å². The predicted octanol–water partition coefficient (Wildman–Crippen LogP) is 2.35. The summed E-state index contributed by atoms with van der Waals surface area (Å²) in [6.45, 7) is 8.86. The van der Waals surface area contributed by atoms with Crippen molar-refractivity contribution in [2.24, 2.45) is 12.0 Å². The van der Waals surface area contributed by atoms with E-state index in [1.54, 1.807) is 0 Å². The molecule has 0 aliphatic heterocycles.